The van der Waals surface area contributed by atoms with Crippen LogP contribution < -0.4 is 9.64 Å². The Hall–Kier alpha value is -1.05. The zero-order valence-corrected chi connectivity index (χ0v) is 20.7. The molecule has 32 heavy (non-hydrogen) atoms. The monoisotopic (exact) mass is 490 g/mol. The van der Waals surface area contributed by atoms with Crippen LogP contribution >= 0.6 is 24.8 Å². The first-order chi connectivity index (χ1) is 13.6. The summed E-state index contributed by atoms with van der Waals surface area (Å²) in [5, 5.41) is 0. The molecule has 4 aliphatic carbocycles. The number of halogens is 2. The zero-order valence-electron chi connectivity index (χ0n) is 19.1. The Balaban J connectivity index is 0.00000128. The number of rotatable bonds is 6. The first-order valence-electron chi connectivity index (χ1n) is 11.4. The lowest BCUT2D eigenvalue weighted by atomic mass is 9.49. The molecule has 5 fully saturated rings. The number of benzene rings is 1. The van der Waals surface area contributed by atoms with Crippen molar-refractivity contribution >= 4 is 36.5 Å². The predicted octanol–water partition coefficient (Wildman–Crippen LogP) is 3.53. The summed E-state index contributed by atoms with van der Waals surface area (Å²) in [4.78, 5) is 17.9. The molecule has 1 aromatic rings. The fourth-order valence-corrected chi connectivity index (χ4v) is 6.77. The van der Waals surface area contributed by atoms with E-state index in [1.165, 1.54) is 50.9 Å². The average molecular weight is 492 g/mol. The maximum Gasteiger partial charge on any atom is 0.317 e. The number of carbonyl (C=O) groups excluding carboxylic acids is 1. The van der Waals surface area contributed by atoms with Crippen LogP contribution in [0, 0.1) is 23.2 Å². The smallest absolute Gasteiger partial charge is 0.317 e. The van der Waals surface area contributed by atoms with Crippen molar-refractivity contribution in [3.05, 3.63) is 24.3 Å². The summed E-state index contributed by atoms with van der Waals surface area (Å²) in [6, 6.07) is 8.12. The molecule has 0 aromatic heterocycles. The van der Waals surface area contributed by atoms with Gasteiger partial charge in [0.15, 0.2) is 0 Å². The Labute approximate surface area is 204 Å². The Bertz CT molecular complexity index is 690. The molecule has 1 heterocycles. The van der Waals surface area contributed by atoms with Crippen LogP contribution in [0.2, 0.25) is 0 Å². The fourth-order valence-electron chi connectivity index (χ4n) is 6.77. The van der Waals surface area contributed by atoms with Gasteiger partial charge in [-0.05, 0) is 106 Å². The quantitative estimate of drug-likeness (QED) is 0.449. The lowest BCUT2D eigenvalue weighted by Crippen LogP contribution is -2.51. The standard InChI is InChI=1S/C24H34N2O2.2ClH.2H2O/c1-25(10-11-26-8-2-3-9-26)21-4-6-22(7-5-21)28-23(27)24-15-18-12-19(16-24)14-20(13-18)17-24;;;;/h4-7,18-20H,2-3,8-17H2,1H3;2*1H;2*1H2. The molecule has 1 aromatic carbocycles. The normalized spacial score (nSPS) is 29.7. The molecule has 184 valence electrons. The molecule has 4 bridgehead atoms. The van der Waals surface area contributed by atoms with E-state index >= 15 is 0 Å². The summed E-state index contributed by atoms with van der Waals surface area (Å²) in [6.07, 6.45) is 9.93. The van der Waals surface area contributed by atoms with E-state index in [2.05, 4.69) is 29.0 Å². The first-order valence-corrected chi connectivity index (χ1v) is 11.4. The van der Waals surface area contributed by atoms with Crippen molar-refractivity contribution in [1.82, 2.24) is 4.90 Å². The fraction of sp³-hybridized carbons (Fsp3) is 0.708. The molecule has 6 nitrogen and oxygen atoms in total. The van der Waals surface area contributed by atoms with Crippen LogP contribution in [0.25, 0.3) is 0 Å². The highest BCUT2D eigenvalue weighted by atomic mass is 35.5. The number of likely N-dealkylation sites (tertiary alicyclic amines) is 1. The third-order valence-electron chi connectivity index (χ3n) is 7.91. The third-order valence-corrected chi connectivity index (χ3v) is 7.91. The predicted molar refractivity (Wildman–Crippen MR) is 133 cm³/mol. The molecule has 1 aliphatic heterocycles. The van der Waals surface area contributed by atoms with E-state index in [1.807, 2.05) is 12.1 Å². The summed E-state index contributed by atoms with van der Waals surface area (Å²) < 4.78 is 5.91. The molecule has 0 radical (unpaired) electrons. The number of anilines is 1. The van der Waals surface area contributed by atoms with Gasteiger partial charge in [0.05, 0.1) is 5.41 Å². The minimum Gasteiger partial charge on any atom is -0.426 e. The lowest BCUT2D eigenvalue weighted by molar-refractivity contribution is -0.161. The van der Waals surface area contributed by atoms with Gasteiger partial charge in [-0.2, -0.15) is 0 Å². The molecule has 5 aliphatic rings. The largest absolute Gasteiger partial charge is 0.426 e. The van der Waals surface area contributed by atoms with Crippen LogP contribution in [0.5, 0.6) is 5.75 Å². The van der Waals surface area contributed by atoms with Crippen LogP contribution in [-0.4, -0.2) is 55.0 Å². The molecule has 1 saturated heterocycles. The van der Waals surface area contributed by atoms with Crippen LogP contribution in [0.3, 0.4) is 0 Å². The van der Waals surface area contributed by atoms with Crippen molar-refractivity contribution in [2.24, 2.45) is 23.2 Å². The Morgan fingerprint density at radius 2 is 1.47 bits per heavy atom. The van der Waals surface area contributed by atoms with Crippen molar-refractivity contribution < 1.29 is 20.5 Å². The van der Waals surface area contributed by atoms with Crippen LogP contribution in [0.1, 0.15) is 51.4 Å². The first kappa shape index (κ1) is 29.0. The maximum absolute atomic E-state index is 13.1. The van der Waals surface area contributed by atoms with Gasteiger partial charge in [-0.25, -0.2) is 0 Å². The summed E-state index contributed by atoms with van der Waals surface area (Å²) in [7, 11) is 2.15. The van der Waals surface area contributed by atoms with E-state index in [-0.39, 0.29) is 47.2 Å². The van der Waals surface area contributed by atoms with Gasteiger partial charge in [-0.1, -0.05) is 0 Å². The van der Waals surface area contributed by atoms with Gasteiger partial charge in [-0.15, -0.1) is 24.8 Å². The summed E-state index contributed by atoms with van der Waals surface area (Å²) in [5.41, 5.74) is 1.01. The van der Waals surface area contributed by atoms with Crippen molar-refractivity contribution in [1.29, 1.82) is 0 Å². The summed E-state index contributed by atoms with van der Waals surface area (Å²) in [5.74, 6) is 3.06. The number of hydrogen-bond acceptors (Lipinski definition) is 4. The highest BCUT2D eigenvalue weighted by molar-refractivity contribution is 5.85. The molecule has 6 rings (SSSR count). The Kier molecular flexibility index (Phi) is 10.8. The minimum atomic E-state index is -0.181. The molecular formula is C24H40Cl2N2O4. The van der Waals surface area contributed by atoms with Gasteiger partial charge in [0.25, 0.3) is 0 Å². The second kappa shape index (κ2) is 11.9. The maximum atomic E-state index is 13.1. The molecule has 8 heteroatoms. The van der Waals surface area contributed by atoms with Crippen molar-refractivity contribution in [2.75, 3.05) is 38.1 Å². The van der Waals surface area contributed by atoms with E-state index in [4.69, 9.17) is 4.74 Å². The van der Waals surface area contributed by atoms with Gasteiger partial charge >= 0.3 is 5.97 Å². The van der Waals surface area contributed by atoms with Gasteiger partial charge in [0.2, 0.25) is 0 Å². The van der Waals surface area contributed by atoms with E-state index in [0.29, 0.717) is 5.75 Å². The number of ether oxygens (including phenoxy) is 1. The van der Waals surface area contributed by atoms with Gasteiger partial charge in [-0.3, -0.25) is 4.79 Å². The van der Waals surface area contributed by atoms with Crippen molar-refractivity contribution in [2.45, 2.75) is 51.4 Å². The number of carbonyl (C=O) groups is 1. The number of esters is 1. The van der Waals surface area contributed by atoms with E-state index < -0.39 is 0 Å². The highest BCUT2D eigenvalue weighted by Crippen LogP contribution is 2.60. The van der Waals surface area contributed by atoms with E-state index in [1.54, 1.807) is 0 Å². The number of hydrogen-bond donors (Lipinski definition) is 0. The highest BCUT2D eigenvalue weighted by Gasteiger charge is 2.55. The summed E-state index contributed by atoms with van der Waals surface area (Å²) >= 11 is 0. The SMILES string of the molecule is CN(CCN1CCCC1)c1ccc(OC(=O)C23CC4CC(CC(C4)C2)C3)cc1.Cl.Cl.O.O. The van der Waals surface area contributed by atoms with E-state index in [0.717, 1.165) is 50.1 Å². The molecule has 4 N–H and O–H groups in total. The number of nitrogens with zero attached hydrogens (tertiary/aromatic N) is 2. The molecule has 0 unspecified atom stereocenters. The van der Waals surface area contributed by atoms with Crippen molar-refractivity contribution in [3.8, 4) is 5.75 Å². The van der Waals surface area contributed by atoms with Gasteiger partial charge in [0, 0.05) is 25.8 Å². The second-order valence-electron chi connectivity index (χ2n) is 10.1. The van der Waals surface area contributed by atoms with Crippen LogP contribution in [0.15, 0.2) is 24.3 Å². The van der Waals surface area contributed by atoms with E-state index in [9.17, 15) is 4.79 Å². The van der Waals surface area contributed by atoms with Crippen LogP contribution in [0.4, 0.5) is 5.69 Å². The Morgan fingerprint density at radius 1 is 0.969 bits per heavy atom. The lowest BCUT2D eigenvalue weighted by Gasteiger charge is -2.55. The zero-order chi connectivity index (χ0) is 19.1. The number of likely N-dealkylation sites (N-methyl/N-ethyl adjacent to an activating group) is 1. The average Bonchev–Trinajstić information content (AvgIpc) is 3.19. The van der Waals surface area contributed by atoms with Crippen molar-refractivity contribution in [3.63, 3.8) is 0 Å². The van der Waals surface area contributed by atoms with Crippen LogP contribution in [-0.2, 0) is 4.79 Å². The second-order valence-corrected chi connectivity index (χ2v) is 10.1. The minimum absolute atomic E-state index is 0. The van der Waals surface area contributed by atoms with Gasteiger partial charge in [0.1, 0.15) is 5.75 Å². The molecule has 4 saturated carbocycles. The molecule has 0 amide bonds. The molecule has 0 spiro atoms. The Morgan fingerprint density at radius 3 is 1.97 bits per heavy atom. The summed E-state index contributed by atoms with van der Waals surface area (Å²) in [6.45, 7) is 4.64. The topological polar surface area (TPSA) is 95.8 Å². The molecular weight excluding hydrogens is 451 g/mol. The molecule has 0 atom stereocenters. The van der Waals surface area contributed by atoms with Gasteiger partial charge < -0.3 is 25.5 Å². The third kappa shape index (κ3) is 5.89.